The van der Waals surface area contributed by atoms with Crippen molar-refractivity contribution in [1.82, 2.24) is 9.88 Å². The number of halogens is 1. The van der Waals surface area contributed by atoms with Crippen LogP contribution in [0.3, 0.4) is 0 Å². The molecule has 124 valence electrons. The van der Waals surface area contributed by atoms with Crippen molar-refractivity contribution in [3.63, 3.8) is 0 Å². The lowest BCUT2D eigenvalue weighted by molar-refractivity contribution is -0.143. The summed E-state index contributed by atoms with van der Waals surface area (Å²) in [6.07, 6.45) is 5.64. The number of nitrogens with zero attached hydrogens (tertiary/aromatic N) is 2. The zero-order valence-corrected chi connectivity index (χ0v) is 13.0. The van der Waals surface area contributed by atoms with Gasteiger partial charge in [-0.25, -0.2) is 4.39 Å². The summed E-state index contributed by atoms with van der Waals surface area (Å²) >= 11 is 0. The molecule has 23 heavy (non-hydrogen) atoms. The second-order valence-electron chi connectivity index (χ2n) is 6.65. The lowest BCUT2D eigenvalue weighted by Crippen LogP contribution is -2.49. The molecule has 1 aliphatic heterocycles. The molecule has 0 radical (unpaired) electrons. The van der Waals surface area contributed by atoms with Gasteiger partial charge in [0.2, 0.25) is 0 Å². The van der Waals surface area contributed by atoms with Crippen molar-refractivity contribution >= 4 is 5.91 Å². The van der Waals surface area contributed by atoms with Gasteiger partial charge >= 0.3 is 0 Å². The summed E-state index contributed by atoms with van der Waals surface area (Å²) in [5.74, 6) is -0.369. The second kappa shape index (κ2) is 5.83. The number of hydrogen-bond donors (Lipinski definition) is 0. The van der Waals surface area contributed by atoms with Gasteiger partial charge in [-0.1, -0.05) is 0 Å². The fourth-order valence-electron chi connectivity index (χ4n) is 3.61. The zero-order chi connectivity index (χ0) is 15.9. The molecule has 2 saturated carbocycles. The van der Waals surface area contributed by atoms with Gasteiger partial charge in [0.25, 0.3) is 5.91 Å². The Morgan fingerprint density at radius 1 is 1.39 bits per heavy atom. The molecule has 3 fully saturated rings. The van der Waals surface area contributed by atoms with Crippen molar-refractivity contribution in [1.29, 1.82) is 0 Å². The fourth-order valence-corrected chi connectivity index (χ4v) is 3.61. The number of amides is 1. The maximum atomic E-state index is 14.2. The summed E-state index contributed by atoms with van der Waals surface area (Å²) in [5, 5.41) is 0. The lowest BCUT2D eigenvalue weighted by Gasteiger charge is -2.32. The van der Waals surface area contributed by atoms with E-state index in [-0.39, 0.29) is 24.2 Å². The Kier molecular flexibility index (Phi) is 3.81. The Morgan fingerprint density at radius 3 is 2.91 bits per heavy atom. The Labute approximate surface area is 134 Å². The number of carbonyl (C=O) groups excluding carboxylic acids is 1. The first kappa shape index (κ1) is 15.0. The van der Waals surface area contributed by atoms with Gasteiger partial charge in [0.05, 0.1) is 25.4 Å². The molecular weight excluding hydrogens is 299 g/mol. The quantitative estimate of drug-likeness (QED) is 0.850. The maximum absolute atomic E-state index is 14.2. The molecule has 0 spiro atoms. The van der Waals surface area contributed by atoms with Gasteiger partial charge in [-0.05, 0) is 43.4 Å². The van der Waals surface area contributed by atoms with Crippen molar-refractivity contribution in [2.24, 2.45) is 0 Å². The van der Waals surface area contributed by atoms with E-state index in [0.29, 0.717) is 32.6 Å². The third-order valence-corrected chi connectivity index (χ3v) is 5.08. The van der Waals surface area contributed by atoms with Crippen molar-refractivity contribution in [2.75, 3.05) is 13.2 Å². The first-order chi connectivity index (χ1) is 11.2. The SMILES string of the molecule is O=C(N1CCOC2CCC1C2OCc1ccncc1)C1(F)CC1. The fraction of sp³-hybridized carbons (Fsp3) is 0.647. The number of hydrogen-bond acceptors (Lipinski definition) is 4. The summed E-state index contributed by atoms with van der Waals surface area (Å²) in [6, 6.07) is 3.73. The molecule has 3 atom stereocenters. The van der Waals surface area contributed by atoms with Crippen LogP contribution in [0.5, 0.6) is 0 Å². The summed E-state index contributed by atoms with van der Waals surface area (Å²) in [5.41, 5.74) is -0.594. The third kappa shape index (κ3) is 2.85. The van der Waals surface area contributed by atoms with Crippen LogP contribution >= 0.6 is 0 Å². The van der Waals surface area contributed by atoms with Crippen LogP contribution in [0.2, 0.25) is 0 Å². The van der Waals surface area contributed by atoms with Gasteiger partial charge < -0.3 is 14.4 Å². The number of alkyl halides is 1. The van der Waals surface area contributed by atoms with E-state index in [1.807, 2.05) is 12.1 Å². The average molecular weight is 320 g/mol. The van der Waals surface area contributed by atoms with E-state index < -0.39 is 5.67 Å². The van der Waals surface area contributed by atoms with Crippen LogP contribution in [0.15, 0.2) is 24.5 Å². The molecule has 2 heterocycles. The van der Waals surface area contributed by atoms with E-state index in [4.69, 9.17) is 9.47 Å². The maximum Gasteiger partial charge on any atom is 0.260 e. The van der Waals surface area contributed by atoms with E-state index in [1.54, 1.807) is 17.3 Å². The van der Waals surface area contributed by atoms with Crippen LogP contribution in [0.25, 0.3) is 0 Å². The number of fused-ring (bicyclic) bond motifs is 2. The van der Waals surface area contributed by atoms with Gasteiger partial charge in [-0.3, -0.25) is 9.78 Å². The van der Waals surface area contributed by atoms with E-state index in [2.05, 4.69) is 4.98 Å². The number of carbonyl (C=O) groups is 1. The highest BCUT2D eigenvalue weighted by molar-refractivity contribution is 5.88. The average Bonchev–Trinajstić information content (AvgIpc) is 3.22. The Morgan fingerprint density at radius 2 is 2.17 bits per heavy atom. The van der Waals surface area contributed by atoms with Gasteiger partial charge in [0, 0.05) is 18.9 Å². The van der Waals surface area contributed by atoms with Crippen LogP contribution in [0.1, 0.15) is 31.2 Å². The topological polar surface area (TPSA) is 51.7 Å². The molecule has 3 aliphatic rings. The zero-order valence-electron chi connectivity index (χ0n) is 13.0. The first-order valence-electron chi connectivity index (χ1n) is 8.29. The smallest absolute Gasteiger partial charge is 0.260 e. The molecule has 2 bridgehead atoms. The number of aromatic nitrogens is 1. The molecule has 1 aromatic heterocycles. The predicted octanol–water partition coefficient (Wildman–Crippen LogP) is 1.86. The van der Waals surface area contributed by atoms with Crippen molar-refractivity contribution in [2.45, 2.75) is 56.2 Å². The van der Waals surface area contributed by atoms with Gasteiger partial charge in [0.1, 0.15) is 6.10 Å². The van der Waals surface area contributed by atoms with Crippen LogP contribution in [0.4, 0.5) is 4.39 Å². The summed E-state index contributed by atoms with van der Waals surface area (Å²) in [6.45, 7) is 1.37. The summed E-state index contributed by atoms with van der Waals surface area (Å²) < 4.78 is 26.2. The van der Waals surface area contributed by atoms with Crippen molar-refractivity contribution < 1.29 is 18.7 Å². The summed E-state index contributed by atoms with van der Waals surface area (Å²) in [7, 11) is 0. The molecule has 4 rings (SSSR count). The molecule has 3 unspecified atom stereocenters. The highest BCUT2D eigenvalue weighted by Crippen LogP contribution is 2.43. The molecule has 0 aromatic carbocycles. The van der Waals surface area contributed by atoms with Crippen molar-refractivity contribution in [3.05, 3.63) is 30.1 Å². The molecule has 1 aromatic rings. The molecule has 1 amide bonds. The van der Waals surface area contributed by atoms with Crippen LogP contribution < -0.4 is 0 Å². The molecule has 6 heteroatoms. The molecule has 1 saturated heterocycles. The molecule has 5 nitrogen and oxygen atoms in total. The minimum absolute atomic E-state index is 0.00518. The minimum atomic E-state index is -1.63. The van der Waals surface area contributed by atoms with Gasteiger partial charge in [-0.15, -0.1) is 0 Å². The third-order valence-electron chi connectivity index (χ3n) is 5.08. The Hall–Kier alpha value is -1.53. The van der Waals surface area contributed by atoms with E-state index in [9.17, 15) is 9.18 Å². The van der Waals surface area contributed by atoms with E-state index in [1.165, 1.54) is 0 Å². The minimum Gasteiger partial charge on any atom is -0.374 e. The van der Waals surface area contributed by atoms with Gasteiger partial charge in [-0.2, -0.15) is 0 Å². The molecule has 0 N–H and O–H groups in total. The Balaban J connectivity index is 1.48. The molecular formula is C17H21FN2O3. The lowest BCUT2D eigenvalue weighted by atomic mass is 10.1. The highest BCUT2D eigenvalue weighted by Gasteiger charge is 2.56. The highest BCUT2D eigenvalue weighted by atomic mass is 19.1. The van der Waals surface area contributed by atoms with Crippen LogP contribution in [-0.4, -0.2) is 52.9 Å². The normalized spacial score (nSPS) is 31.7. The van der Waals surface area contributed by atoms with Crippen LogP contribution in [-0.2, 0) is 20.9 Å². The van der Waals surface area contributed by atoms with E-state index >= 15 is 0 Å². The standard InChI is InChI=1S/C17H21FN2O3/c18-17(5-6-17)16(21)20-9-10-22-14-2-1-13(20)15(14)23-11-12-3-7-19-8-4-12/h3-4,7-8,13-15H,1-2,5-6,9-11H2. The first-order valence-corrected chi connectivity index (χ1v) is 8.29. The number of pyridine rings is 1. The Bertz CT molecular complexity index is 578. The second-order valence-corrected chi connectivity index (χ2v) is 6.65. The number of ether oxygens (including phenoxy) is 2. The number of rotatable bonds is 4. The monoisotopic (exact) mass is 320 g/mol. The van der Waals surface area contributed by atoms with E-state index in [0.717, 1.165) is 18.4 Å². The summed E-state index contributed by atoms with van der Waals surface area (Å²) in [4.78, 5) is 18.1. The predicted molar refractivity (Wildman–Crippen MR) is 80.4 cm³/mol. The van der Waals surface area contributed by atoms with Crippen LogP contribution in [0, 0.1) is 0 Å². The molecule has 2 aliphatic carbocycles. The largest absolute Gasteiger partial charge is 0.374 e. The van der Waals surface area contributed by atoms with Crippen molar-refractivity contribution in [3.8, 4) is 0 Å². The van der Waals surface area contributed by atoms with Gasteiger partial charge in [0.15, 0.2) is 5.67 Å².